The van der Waals surface area contributed by atoms with Gasteiger partial charge in [-0.05, 0) is 26.6 Å². The monoisotopic (exact) mass is 250 g/mol. The fourth-order valence-electron chi connectivity index (χ4n) is 1.46. The summed E-state index contributed by atoms with van der Waals surface area (Å²) in [5.41, 5.74) is -0.113. The minimum Gasteiger partial charge on any atom is -0.545 e. The molecular formula is C13H16NO4-. The Hall–Kier alpha value is -1.88. The number of carboxylic acids is 1. The van der Waals surface area contributed by atoms with Gasteiger partial charge in [-0.2, -0.15) is 0 Å². The lowest BCUT2D eigenvalue weighted by Gasteiger charge is -2.11. The van der Waals surface area contributed by atoms with Crippen molar-refractivity contribution < 1.29 is 19.4 Å². The molecule has 1 aromatic carbocycles. The van der Waals surface area contributed by atoms with E-state index in [0.717, 1.165) is 6.54 Å². The average molecular weight is 250 g/mol. The molecule has 0 heterocycles. The summed E-state index contributed by atoms with van der Waals surface area (Å²) in [5.74, 6) is -2.01. The van der Waals surface area contributed by atoms with Gasteiger partial charge in [-0.3, -0.25) is 0 Å². The van der Waals surface area contributed by atoms with E-state index in [1.54, 1.807) is 6.07 Å². The third-order valence-corrected chi connectivity index (χ3v) is 2.35. The summed E-state index contributed by atoms with van der Waals surface area (Å²) < 4.78 is 5.01. The standard InChI is InChI=1S/C13H17NO4/c1-14(2)8-5-9-18-13(17)11-7-4-3-6-10(11)12(15)16/h3-4,6-7H,5,8-9H2,1-2H3,(H,15,16)/p-1. The number of aromatic carboxylic acids is 1. The Morgan fingerprint density at radius 2 is 1.83 bits per heavy atom. The van der Waals surface area contributed by atoms with Gasteiger partial charge in [0.05, 0.1) is 18.1 Å². The number of carbonyl (C=O) groups excluding carboxylic acids is 2. The van der Waals surface area contributed by atoms with Crippen LogP contribution in [0.15, 0.2) is 24.3 Å². The zero-order valence-corrected chi connectivity index (χ0v) is 10.5. The van der Waals surface area contributed by atoms with E-state index in [4.69, 9.17) is 4.74 Å². The molecule has 0 spiro atoms. The van der Waals surface area contributed by atoms with Gasteiger partial charge in [0.2, 0.25) is 0 Å². The van der Waals surface area contributed by atoms with Crippen molar-refractivity contribution in [2.24, 2.45) is 0 Å². The van der Waals surface area contributed by atoms with Crippen molar-refractivity contribution >= 4 is 11.9 Å². The number of benzene rings is 1. The van der Waals surface area contributed by atoms with E-state index in [1.807, 2.05) is 19.0 Å². The second kappa shape index (κ2) is 6.76. The number of hydrogen-bond acceptors (Lipinski definition) is 5. The molecule has 18 heavy (non-hydrogen) atoms. The van der Waals surface area contributed by atoms with Gasteiger partial charge < -0.3 is 19.5 Å². The maximum atomic E-state index is 11.7. The molecule has 98 valence electrons. The van der Waals surface area contributed by atoms with Gasteiger partial charge in [-0.15, -0.1) is 0 Å². The van der Waals surface area contributed by atoms with Gasteiger partial charge in [-0.25, -0.2) is 4.79 Å². The minimum absolute atomic E-state index is 0.0300. The van der Waals surface area contributed by atoms with Crippen LogP contribution in [0.5, 0.6) is 0 Å². The van der Waals surface area contributed by atoms with E-state index >= 15 is 0 Å². The minimum atomic E-state index is -1.38. The second-order valence-corrected chi connectivity index (χ2v) is 4.13. The van der Waals surface area contributed by atoms with Crippen LogP contribution in [0.2, 0.25) is 0 Å². The van der Waals surface area contributed by atoms with Crippen LogP contribution in [0.3, 0.4) is 0 Å². The number of esters is 1. The third kappa shape index (κ3) is 4.18. The van der Waals surface area contributed by atoms with Crippen molar-refractivity contribution in [3.05, 3.63) is 35.4 Å². The summed E-state index contributed by atoms with van der Waals surface area (Å²) in [6.07, 6.45) is 0.701. The number of carbonyl (C=O) groups is 2. The lowest BCUT2D eigenvalue weighted by molar-refractivity contribution is -0.255. The largest absolute Gasteiger partial charge is 0.545 e. The Labute approximate surface area is 106 Å². The second-order valence-electron chi connectivity index (χ2n) is 4.13. The van der Waals surface area contributed by atoms with E-state index in [0.29, 0.717) is 6.42 Å². The molecule has 0 aliphatic rings. The van der Waals surface area contributed by atoms with Crippen molar-refractivity contribution in [3.8, 4) is 0 Å². The molecule has 0 atom stereocenters. The topological polar surface area (TPSA) is 69.7 Å². The first-order valence-electron chi connectivity index (χ1n) is 5.64. The highest BCUT2D eigenvalue weighted by atomic mass is 16.5. The van der Waals surface area contributed by atoms with Crippen LogP contribution >= 0.6 is 0 Å². The highest BCUT2D eigenvalue weighted by molar-refractivity contribution is 6.01. The first-order chi connectivity index (χ1) is 8.52. The SMILES string of the molecule is CN(C)CCCOC(=O)c1ccccc1C(=O)[O-]. The zero-order valence-electron chi connectivity index (χ0n) is 10.5. The Morgan fingerprint density at radius 3 is 2.39 bits per heavy atom. The zero-order chi connectivity index (χ0) is 13.5. The lowest BCUT2D eigenvalue weighted by Crippen LogP contribution is -2.25. The molecule has 0 N–H and O–H groups in total. The Balaban J connectivity index is 2.59. The molecule has 5 heteroatoms. The molecule has 0 saturated heterocycles. The maximum Gasteiger partial charge on any atom is 0.338 e. The molecule has 0 aliphatic carbocycles. The highest BCUT2D eigenvalue weighted by Crippen LogP contribution is 2.09. The van der Waals surface area contributed by atoms with Gasteiger partial charge in [0.15, 0.2) is 0 Å². The third-order valence-electron chi connectivity index (χ3n) is 2.35. The molecule has 0 saturated carbocycles. The molecule has 0 aliphatic heterocycles. The fraction of sp³-hybridized carbons (Fsp3) is 0.385. The molecule has 0 fully saturated rings. The summed E-state index contributed by atoms with van der Waals surface area (Å²) in [6.45, 7) is 1.06. The van der Waals surface area contributed by atoms with Gasteiger partial charge in [0, 0.05) is 12.1 Å². The molecule has 0 radical (unpaired) electrons. The van der Waals surface area contributed by atoms with Crippen LogP contribution in [0.4, 0.5) is 0 Å². The Kier molecular flexibility index (Phi) is 5.32. The van der Waals surface area contributed by atoms with Crippen molar-refractivity contribution in [3.63, 3.8) is 0 Å². The average Bonchev–Trinajstić information content (AvgIpc) is 2.34. The molecule has 0 bridgehead atoms. The van der Waals surface area contributed by atoms with E-state index < -0.39 is 11.9 Å². The van der Waals surface area contributed by atoms with Gasteiger partial charge >= 0.3 is 5.97 Å². The number of carboxylic acid groups (broad SMARTS) is 1. The normalized spacial score (nSPS) is 10.4. The van der Waals surface area contributed by atoms with E-state index in [1.165, 1.54) is 18.2 Å². The molecule has 5 nitrogen and oxygen atoms in total. The summed E-state index contributed by atoms with van der Waals surface area (Å²) >= 11 is 0. The first kappa shape index (κ1) is 14.2. The van der Waals surface area contributed by atoms with Crippen LogP contribution in [0.1, 0.15) is 27.1 Å². The van der Waals surface area contributed by atoms with Gasteiger partial charge in [-0.1, -0.05) is 18.2 Å². The first-order valence-corrected chi connectivity index (χ1v) is 5.64. The quantitative estimate of drug-likeness (QED) is 0.531. The van der Waals surface area contributed by atoms with Gasteiger partial charge in [0.25, 0.3) is 0 Å². The molecule has 0 aromatic heterocycles. The predicted molar refractivity (Wildman–Crippen MR) is 64.2 cm³/mol. The molecular weight excluding hydrogens is 234 g/mol. The summed E-state index contributed by atoms with van der Waals surface area (Å²) in [4.78, 5) is 24.5. The smallest absolute Gasteiger partial charge is 0.338 e. The molecule has 1 aromatic rings. The highest BCUT2D eigenvalue weighted by Gasteiger charge is 2.12. The number of nitrogens with zero attached hydrogens (tertiary/aromatic N) is 1. The Morgan fingerprint density at radius 1 is 1.22 bits per heavy atom. The molecule has 0 amide bonds. The molecule has 1 rings (SSSR count). The predicted octanol–water partition coefficient (Wildman–Crippen LogP) is 0.159. The Bertz CT molecular complexity index is 429. The summed E-state index contributed by atoms with van der Waals surface area (Å²) in [5, 5.41) is 10.8. The lowest BCUT2D eigenvalue weighted by atomic mass is 10.1. The van der Waals surface area contributed by atoms with Crippen LogP contribution in [0, 0.1) is 0 Å². The fourth-order valence-corrected chi connectivity index (χ4v) is 1.46. The van der Waals surface area contributed by atoms with E-state index in [2.05, 4.69) is 0 Å². The van der Waals surface area contributed by atoms with Crippen LogP contribution in [-0.4, -0.2) is 44.1 Å². The number of ether oxygens (including phenoxy) is 1. The van der Waals surface area contributed by atoms with Crippen LogP contribution in [0.25, 0.3) is 0 Å². The van der Waals surface area contributed by atoms with Crippen molar-refractivity contribution in [1.82, 2.24) is 4.90 Å². The molecule has 0 unspecified atom stereocenters. The maximum absolute atomic E-state index is 11.7. The van der Waals surface area contributed by atoms with Crippen molar-refractivity contribution in [1.29, 1.82) is 0 Å². The number of rotatable bonds is 6. The summed E-state index contributed by atoms with van der Waals surface area (Å²) in [6, 6.07) is 5.86. The van der Waals surface area contributed by atoms with Crippen LogP contribution < -0.4 is 5.11 Å². The van der Waals surface area contributed by atoms with Gasteiger partial charge in [0.1, 0.15) is 0 Å². The van der Waals surface area contributed by atoms with Crippen molar-refractivity contribution in [2.75, 3.05) is 27.2 Å². The number of hydrogen-bond donors (Lipinski definition) is 0. The van der Waals surface area contributed by atoms with E-state index in [-0.39, 0.29) is 17.7 Å². The van der Waals surface area contributed by atoms with E-state index in [9.17, 15) is 14.7 Å². The van der Waals surface area contributed by atoms with Crippen molar-refractivity contribution in [2.45, 2.75) is 6.42 Å². The summed E-state index contributed by atoms with van der Waals surface area (Å²) in [7, 11) is 3.85. The van der Waals surface area contributed by atoms with Crippen LogP contribution in [-0.2, 0) is 4.74 Å².